The molecule has 2 aromatic carbocycles. The van der Waals surface area contributed by atoms with Crippen LogP contribution in [0.4, 0.5) is 5.69 Å². The Kier molecular flexibility index (Phi) is 6.06. The van der Waals surface area contributed by atoms with E-state index in [4.69, 9.17) is 5.11 Å². The first-order valence-electron chi connectivity index (χ1n) is 9.95. The first kappa shape index (κ1) is 21.3. The van der Waals surface area contributed by atoms with E-state index in [1.165, 1.54) is 4.90 Å². The van der Waals surface area contributed by atoms with Crippen LogP contribution in [-0.4, -0.2) is 27.9 Å². The van der Waals surface area contributed by atoms with Crippen LogP contribution in [0.3, 0.4) is 0 Å². The van der Waals surface area contributed by atoms with Crippen LogP contribution in [0.1, 0.15) is 43.5 Å². The minimum Gasteiger partial charge on any atom is -0.503 e. The number of aryl methyl sites for hydroxylation is 1. The Labute approximate surface area is 175 Å². The second-order valence-electron chi connectivity index (χ2n) is 7.69. The number of aliphatic hydroxyl groups is 1. The maximum absolute atomic E-state index is 13.0. The molecule has 0 fully saturated rings. The molecule has 0 saturated carbocycles. The quantitative estimate of drug-likeness (QED) is 0.723. The number of carboxylic acids is 1. The van der Waals surface area contributed by atoms with Gasteiger partial charge in [-0.05, 0) is 35.2 Å². The van der Waals surface area contributed by atoms with Crippen LogP contribution in [-0.2, 0) is 27.2 Å². The Morgan fingerprint density at radius 3 is 2.07 bits per heavy atom. The van der Waals surface area contributed by atoms with Gasteiger partial charge in [0, 0.05) is 11.6 Å². The number of aliphatic hydroxyl groups excluding tert-OH is 1. The molecule has 6 heteroatoms. The van der Waals surface area contributed by atoms with E-state index in [2.05, 4.69) is 0 Å². The molecule has 1 unspecified atom stereocenters. The zero-order chi connectivity index (χ0) is 22.0. The van der Waals surface area contributed by atoms with Gasteiger partial charge in [0.15, 0.2) is 11.5 Å². The first-order chi connectivity index (χ1) is 14.2. The second-order valence-corrected chi connectivity index (χ2v) is 7.69. The molecule has 0 radical (unpaired) electrons. The molecule has 1 aliphatic rings. The zero-order valence-electron chi connectivity index (χ0n) is 17.3. The number of hydrogen-bond acceptors (Lipinski definition) is 4. The number of hydrogen-bond donors (Lipinski definition) is 2. The number of carbonyl (C=O) groups is 3. The van der Waals surface area contributed by atoms with Gasteiger partial charge in [0.05, 0.1) is 18.0 Å². The third-order valence-electron chi connectivity index (χ3n) is 5.27. The molecule has 1 amide bonds. The number of rotatable bonds is 7. The van der Waals surface area contributed by atoms with Crippen molar-refractivity contribution in [2.24, 2.45) is 5.92 Å². The van der Waals surface area contributed by atoms with Gasteiger partial charge in [-0.15, -0.1) is 0 Å². The van der Waals surface area contributed by atoms with Crippen molar-refractivity contribution in [1.29, 1.82) is 0 Å². The number of benzene rings is 2. The highest BCUT2D eigenvalue weighted by Crippen LogP contribution is 2.41. The van der Waals surface area contributed by atoms with E-state index in [0.717, 1.165) is 17.5 Å². The zero-order valence-corrected chi connectivity index (χ0v) is 17.3. The normalized spacial score (nSPS) is 16.5. The first-order valence-corrected chi connectivity index (χ1v) is 9.95. The fourth-order valence-corrected chi connectivity index (χ4v) is 3.63. The van der Waals surface area contributed by atoms with E-state index in [9.17, 15) is 19.5 Å². The van der Waals surface area contributed by atoms with Gasteiger partial charge >= 0.3 is 5.97 Å². The summed E-state index contributed by atoms with van der Waals surface area (Å²) in [5, 5.41) is 19.6. The van der Waals surface area contributed by atoms with E-state index in [1.807, 2.05) is 31.2 Å². The fraction of sp³-hybridized carbons (Fsp3) is 0.292. The van der Waals surface area contributed by atoms with Crippen LogP contribution in [0, 0.1) is 5.92 Å². The molecule has 156 valence electrons. The Morgan fingerprint density at radius 2 is 1.57 bits per heavy atom. The number of carbonyl (C=O) groups excluding carboxylic acids is 2. The molecule has 0 aliphatic carbocycles. The second kappa shape index (κ2) is 8.53. The van der Waals surface area contributed by atoms with Gasteiger partial charge in [0.2, 0.25) is 0 Å². The predicted octanol–water partition coefficient (Wildman–Crippen LogP) is 4.00. The number of ketones is 1. The number of nitrogens with zero attached hydrogens (tertiary/aromatic N) is 1. The van der Waals surface area contributed by atoms with Gasteiger partial charge in [0.1, 0.15) is 0 Å². The van der Waals surface area contributed by atoms with Gasteiger partial charge < -0.3 is 10.2 Å². The van der Waals surface area contributed by atoms with Gasteiger partial charge in [-0.25, -0.2) is 0 Å². The van der Waals surface area contributed by atoms with Gasteiger partial charge in [-0.3, -0.25) is 19.3 Å². The monoisotopic (exact) mass is 407 g/mol. The lowest BCUT2D eigenvalue weighted by atomic mass is 9.90. The number of amides is 1. The third-order valence-corrected chi connectivity index (χ3v) is 5.27. The molecule has 0 spiro atoms. The van der Waals surface area contributed by atoms with Gasteiger partial charge in [-0.2, -0.15) is 0 Å². The minimum absolute atomic E-state index is 0.0915. The van der Waals surface area contributed by atoms with E-state index in [0.29, 0.717) is 11.3 Å². The molecule has 3 rings (SSSR count). The molecule has 6 nitrogen and oxygen atoms in total. The van der Waals surface area contributed by atoms with Crippen molar-refractivity contribution in [2.45, 2.75) is 39.7 Å². The summed E-state index contributed by atoms with van der Waals surface area (Å²) in [4.78, 5) is 38.2. The van der Waals surface area contributed by atoms with Crippen LogP contribution in [0.25, 0.3) is 0 Å². The summed E-state index contributed by atoms with van der Waals surface area (Å²) in [6.07, 6.45) is 0.730. The average molecular weight is 407 g/mol. The van der Waals surface area contributed by atoms with Crippen LogP contribution >= 0.6 is 0 Å². The largest absolute Gasteiger partial charge is 0.503 e. The van der Waals surface area contributed by atoms with Crippen molar-refractivity contribution in [3.8, 4) is 0 Å². The Bertz CT molecular complexity index is 1000. The fourth-order valence-electron chi connectivity index (χ4n) is 3.63. The third kappa shape index (κ3) is 3.99. The van der Waals surface area contributed by atoms with Crippen molar-refractivity contribution in [3.05, 3.63) is 76.6 Å². The molecule has 0 saturated heterocycles. The van der Waals surface area contributed by atoms with Crippen LogP contribution in [0.5, 0.6) is 0 Å². The lowest BCUT2D eigenvalue weighted by Crippen LogP contribution is -2.31. The SMILES string of the molecule is CCc1ccc(C2C(C(=O)C(C)C)=C(O)C(=O)N2c2ccc(CC(=O)O)cc2)cc1. The number of anilines is 1. The highest BCUT2D eigenvalue weighted by Gasteiger charge is 2.44. The smallest absolute Gasteiger partial charge is 0.307 e. The number of Topliss-reactive ketones (excluding diaryl/α,β-unsaturated/α-hetero) is 1. The molecule has 2 aromatic rings. The summed E-state index contributed by atoms with van der Waals surface area (Å²) in [6, 6.07) is 13.4. The van der Waals surface area contributed by atoms with E-state index >= 15 is 0 Å². The van der Waals surface area contributed by atoms with Crippen LogP contribution < -0.4 is 4.90 Å². The predicted molar refractivity (Wildman–Crippen MR) is 113 cm³/mol. The van der Waals surface area contributed by atoms with Crippen molar-refractivity contribution in [1.82, 2.24) is 0 Å². The topological polar surface area (TPSA) is 94.9 Å². The summed E-state index contributed by atoms with van der Waals surface area (Å²) in [7, 11) is 0. The summed E-state index contributed by atoms with van der Waals surface area (Å²) < 4.78 is 0. The van der Waals surface area contributed by atoms with E-state index in [1.54, 1.807) is 38.1 Å². The average Bonchev–Trinajstić information content (AvgIpc) is 2.98. The number of carboxylic acid groups (broad SMARTS) is 1. The van der Waals surface area contributed by atoms with E-state index in [-0.39, 0.29) is 23.7 Å². The highest BCUT2D eigenvalue weighted by atomic mass is 16.4. The van der Waals surface area contributed by atoms with Crippen LogP contribution in [0.2, 0.25) is 0 Å². The summed E-state index contributed by atoms with van der Waals surface area (Å²) in [6.45, 7) is 5.50. The molecule has 1 heterocycles. The molecular formula is C24H25NO5. The molecule has 30 heavy (non-hydrogen) atoms. The standard InChI is InChI=1S/C24H25NO5/c1-4-15-5-9-17(10-6-15)21-20(22(28)14(2)3)23(29)24(30)25(21)18-11-7-16(8-12-18)13-19(26)27/h5-12,14,21,29H,4,13H2,1-3H3,(H,26,27). The minimum atomic E-state index is -0.946. The maximum Gasteiger partial charge on any atom is 0.307 e. The van der Waals surface area contributed by atoms with Crippen molar-refractivity contribution in [2.75, 3.05) is 4.90 Å². The lowest BCUT2D eigenvalue weighted by molar-refractivity contribution is -0.136. The van der Waals surface area contributed by atoms with Gasteiger partial charge in [0.25, 0.3) is 5.91 Å². The van der Waals surface area contributed by atoms with Crippen molar-refractivity contribution >= 4 is 23.3 Å². The Morgan fingerprint density at radius 1 is 1.00 bits per heavy atom. The van der Waals surface area contributed by atoms with Crippen LogP contribution in [0.15, 0.2) is 59.9 Å². The van der Waals surface area contributed by atoms with Crippen molar-refractivity contribution < 1.29 is 24.6 Å². The van der Waals surface area contributed by atoms with E-state index < -0.39 is 23.7 Å². The molecular weight excluding hydrogens is 382 g/mol. The Hall–Kier alpha value is -3.41. The molecule has 0 aromatic heterocycles. The molecule has 1 atom stereocenters. The molecule has 0 bridgehead atoms. The van der Waals surface area contributed by atoms with Crippen molar-refractivity contribution in [3.63, 3.8) is 0 Å². The number of aliphatic carboxylic acids is 1. The highest BCUT2D eigenvalue weighted by molar-refractivity contribution is 6.16. The Balaban J connectivity index is 2.09. The summed E-state index contributed by atoms with van der Waals surface area (Å²) in [5.74, 6) is -2.79. The molecule has 2 N–H and O–H groups in total. The van der Waals surface area contributed by atoms with Gasteiger partial charge in [-0.1, -0.05) is 57.2 Å². The summed E-state index contributed by atoms with van der Waals surface area (Å²) >= 11 is 0. The maximum atomic E-state index is 13.0. The lowest BCUT2D eigenvalue weighted by Gasteiger charge is -2.27. The molecule has 1 aliphatic heterocycles. The summed E-state index contributed by atoms with van der Waals surface area (Å²) in [5.41, 5.74) is 3.02.